The molecule has 0 aromatic heterocycles. The van der Waals surface area contributed by atoms with Crippen molar-refractivity contribution in [1.82, 2.24) is 4.90 Å². The number of hydrogen-bond donors (Lipinski definition) is 1. The number of benzene rings is 1. The first kappa shape index (κ1) is 13.5. The van der Waals surface area contributed by atoms with Gasteiger partial charge in [0.15, 0.2) is 0 Å². The van der Waals surface area contributed by atoms with E-state index in [1.807, 2.05) is 25.1 Å². The van der Waals surface area contributed by atoms with Crippen LogP contribution in [0.1, 0.15) is 28.8 Å². The Labute approximate surface area is 120 Å². The first-order chi connectivity index (χ1) is 8.52. The highest BCUT2D eigenvalue weighted by Crippen LogP contribution is 2.25. The van der Waals surface area contributed by atoms with Gasteiger partial charge >= 0.3 is 0 Å². The van der Waals surface area contributed by atoms with E-state index in [4.69, 9.17) is 18.0 Å². The summed E-state index contributed by atoms with van der Waals surface area (Å²) in [7, 11) is 0. The molecule has 0 bridgehead atoms. The Morgan fingerprint density at radius 1 is 1.56 bits per heavy atom. The van der Waals surface area contributed by atoms with E-state index in [2.05, 4.69) is 15.9 Å². The minimum absolute atomic E-state index is 0.0177. The maximum absolute atomic E-state index is 12.5. The van der Waals surface area contributed by atoms with Crippen molar-refractivity contribution in [3.8, 4) is 0 Å². The molecule has 18 heavy (non-hydrogen) atoms. The number of hydrogen-bond acceptors (Lipinski definition) is 2. The molecule has 1 unspecified atom stereocenters. The number of nitrogens with two attached hydrogens (primary N) is 1. The average Bonchev–Trinajstić information content (AvgIpc) is 2.81. The summed E-state index contributed by atoms with van der Waals surface area (Å²) in [5.74, 6) is 0.0177. The molecule has 1 atom stereocenters. The van der Waals surface area contributed by atoms with Crippen LogP contribution in [-0.4, -0.2) is 28.4 Å². The Hall–Kier alpha value is -0.940. The van der Waals surface area contributed by atoms with E-state index in [0.29, 0.717) is 10.6 Å². The van der Waals surface area contributed by atoms with Gasteiger partial charge < -0.3 is 10.6 Å². The summed E-state index contributed by atoms with van der Waals surface area (Å²) in [6.07, 6.45) is 1.83. The highest BCUT2D eigenvalue weighted by molar-refractivity contribution is 9.10. The van der Waals surface area contributed by atoms with Crippen LogP contribution in [0.15, 0.2) is 22.7 Å². The average molecular weight is 327 g/mol. The molecule has 1 heterocycles. The lowest BCUT2D eigenvalue weighted by molar-refractivity contribution is 0.0769. The predicted octanol–water partition coefficient (Wildman–Crippen LogP) is 2.65. The molecule has 1 aromatic carbocycles. The summed E-state index contributed by atoms with van der Waals surface area (Å²) < 4.78 is 0.944. The Balaban J connectivity index is 2.31. The van der Waals surface area contributed by atoms with E-state index >= 15 is 0 Å². The van der Waals surface area contributed by atoms with Crippen LogP contribution < -0.4 is 5.73 Å². The number of halogens is 1. The Morgan fingerprint density at radius 2 is 2.28 bits per heavy atom. The third-order valence-electron chi connectivity index (χ3n) is 3.34. The lowest BCUT2D eigenvalue weighted by Gasteiger charge is -2.24. The van der Waals surface area contributed by atoms with E-state index in [9.17, 15) is 4.79 Å². The van der Waals surface area contributed by atoms with Gasteiger partial charge in [0, 0.05) is 16.6 Å². The van der Waals surface area contributed by atoms with E-state index < -0.39 is 0 Å². The first-order valence-corrected chi connectivity index (χ1v) is 7.08. The van der Waals surface area contributed by atoms with E-state index in [0.717, 1.165) is 29.4 Å². The second kappa shape index (κ2) is 5.36. The van der Waals surface area contributed by atoms with Crippen molar-refractivity contribution in [3.05, 3.63) is 33.8 Å². The summed E-state index contributed by atoms with van der Waals surface area (Å²) in [4.78, 5) is 14.7. The maximum Gasteiger partial charge on any atom is 0.254 e. The molecule has 0 spiro atoms. The molecule has 1 fully saturated rings. The van der Waals surface area contributed by atoms with Gasteiger partial charge in [-0.25, -0.2) is 0 Å². The molecule has 0 radical (unpaired) electrons. The molecule has 3 nitrogen and oxygen atoms in total. The largest absolute Gasteiger partial charge is 0.392 e. The van der Waals surface area contributed by atoms with Gasteiger partial charge in [0.25, 0.3) is 5.91 Å². The quantitative estimate of drug-likeness (QED) is 0.850. The minimum Gasteiger partial charge on any atom is -0.392 e. The van der Waals surface area contributed by atoms with Crippen LogP contribution in [0.2, 0.25) is 0 Å². The number of carbonyl (C=O) groups is 1. The lowest BCUT2D eigenvalue weighted by Crippen LogP contribution is -2.43. The molecule has 2 rings (SSSR count). The van der Waals surface area contributed by atoms with Gasteiger partial charge in [-0.15, -0.1) is 0 Å². The second-order valence-corrected chi connectivity index (χ2v) is 5.80. The van der Waals surface area contributed by atoms with Crippen molar-refractivity contribution in [1.29, 1.82) is 0 Å². The van der Waals surface area contributed by atoms with Crippen LogP contribution in [0.4, 0.5) is 0 Å². The first-order valence-electron chi connectivity index (χ1n) is 5.87. The highest BCUT2D eigenvalue weighted by Gasteiger charge is 2.31. The number of amides is 1. The summed E-state index contributed by atoms with van der Waals surface area (Å²) in [6.45, 7) is 2.66. The number of rotatable bonds is 2. The van der Waals surface area contributed by atoms with Crippen LogP contribution in [0, 0.1) is 6.92 Å². The van der Waals surface area contributed by atoms with Crippen molar-refractivity contribution < 1.29 is 4.79 Å². The summed E-state index contributed by atoms with van der Waals surface area (Å²) in [6, 6.07) is 5.56. The van der Waals surface area contributed by atoms with Crippen LogP contribution in [-0.2, 0) is 0 Å². The third kappa shape index (κ3) is 2.42. The Bertz CT molecular complexity index is 504. The molecule has 1 aliphatic rings. The molecule has 1 amide bonds. The molecule has 0 aliphatic carbocycles. The monoisotopic (exact) mass is 326 g/mol. The Kier molecular flexibility index (Phi) is 4.02. The van der Waals surface area contributed by atoms with Crippen molar-refractivity contribution in [2.75, 3.05) is 6.54 Å². The molecular weight excluding hydrogens is 312 g/mol. The van der Waals surface area contributed by atoms with Gasteiger partial charge in [-0.3, -0.25) is 4.79 Å². The van der Waals surface area contributed by atoms with Gasteiger partial charge in [-0.05, 0) is 37.5 Å². The standard InChI is InChI=1S/C13H15BrN2OS/c1-8-9(4-2-5-10(8)14)13(17)16-7-3-6-11(16)12(15)18/h2,4-5,11H,3,6-7H2,1H3,(H2,15,18). The fourth-order valence-electron chi connectivity index (χ4n) is 2.30. The topological polar surface area (TPSA) is 46.3 Å². The van der Waals surface area contributed by atoms with Crippen molar-refractivity contribution in [2.24, 2.45) is 5.73 Å². The van der Waals surface area contributed by atoms with Gasteiger partial charge in [0.2, 0.25) is 0 Å². The third-order valence-corrected chi connectivity index (χ3v) is 4.47. The number of thiocarbonyl (C=S) groups is 1. The van der Waals surface area contributed by atoms with Crippen LogP contribution >= 0.6 is 28.1 Å². The zero-order valence-corrected chi connectivity index (χ0v) is 12.6. The molecule has 1 aromatic rings. The maximum atomic E-state index is 12.5. The van der Waals surface area contributed by atoms with Crippen molar-refractivity contribution >= 4 is 39.0 Å². The summed E-state index contributed by atoms with van der Waals surface area (Å²) in [5, 5.41) is 0. The normalized spacial score (nSPS) is 19.0. The van der Waals surface area contributed by atoms with E-state index in [1.165, 1.54) is 0 Å². The molecule has 2 N–H and O–H groups in total. The Morgan fingerprint density at radius 3 is 2.94 bits per heavy atom. The van der Waals surface area contributed by atoms with Gasteiger partial charge in [-0.2, -0.15) is 0 Å². The van der Waals surface area contributed by atoms with Gasteiger partial charge in [0.1, 0.15) is 0 Å². The van der Waals surface area contributed by atoms with Crippen LogP contribution in [0.25, 0.3) is 0 Å². The van der Waals surface area contributed by atoms with E-state index in [-0.39, 0.29) is 11.9 Å². The molecule has 1 aliphatic heterocycles. The lowest BCUT2D eigenvalue weighted by atomic mass is 10.1. The zero-order chi connectivity index (χ0) is 13.3. The van der Waals surface area contributed by atoms with Crippen molar-refractivity contribution in [3.63, 3.8) is 0 Å². The van der Waals surface area contributed by atoms with E-state index in [1.54, 1.807) is 4.90 Å². The van der Waals surface area contributed by atoms with Crippen LogP contribution in [0.3, 0.4) is 0 Å². The fraction of sp³-hybridized carbons (Fsp3) is 0.385. The van der Waals surface area contributed by atoms with Crippen molar-refractivity contribution in [2.45, 2.75) is 25.8 Å². The zero-order valence-electron chi connectivity index (χ0n) is 10.1. The SMILES string of the molecule is Cc1c(Br)cccc1C(=O)N1CCCC1C(N)=S. The molecule has 1 saturated heterocycles. The smallest absolute Gasteiger partial charge is 0.254 e. The minimum atomic E-state index is -0.0918. The predicted molar refractivity (Wildman–Crippen MR) is 79.7 cm³/mol. The summed E-state index contributed by atoms with van der Waals surface area (Å²) in [5.41, 5.74) is 7.37. The molecule has 5 heteroatoms. The molecule has 0 saturated carbocycles. The number of likely N-dealkylation sites (tertiary alicyclic amines) is 1. The van der Waals surface area contributed by atoms with Crippen LogP contribution in [0.5, 0.6) is 0 Å². The number of carbonyl (C=O) groups excluding carboxylic acids is 1. The molecular formula is C13H15BrN2OS. The van der Waals surface area contributed by atoms with Gasteiger partial charge in [-0.1, -0.05) is 34.2 Å². The second-order valence-electron chi connectivity index (χ2n) is 4.47. The summed E-state index contributed by atoms with van der Waals surface area (Å²) >= 11 is 8.48. The fourth-order valence-corrected chi connectivity index (χ4v) is 2.91. The number of nitrogens with zero attached hydrogens (tertiary/aromatic N) is 1. The highest BCUT2D eigenvalue weighted by atomic mass is 79.9. The molecule has 96 valence electrons. The van der Waals surface area contributed by atoms with Gasteiger partial charge in [0.05, 0.1) is 11.0 Å².